The zero-order valence-electron chi connectivity index (χ0n) is 7.03. The van der Waals surface area contributed by atoms with E-state index in [1.54, 1.807) is 6.92 Å². The normalized spacial score (nSPS) is 35.8. The molecule has 0 radical (unpaired) electrons. The summed E-state index contributed by atoms with van der Waals surface area (Å²) in [6.45, 7) is 5.66. The van der Waals surface area contributed by atoms with Gasteiger partial charge in [-0.05, 0) is 5.92 Å². The van der Waals surface area contributed by atoms with Gasteiger partial charge in [-0.25, -0.2) is 0 Å². The second kappa shape index (κ2) is 2.44. The van der Waals surface area contributed by atoms with Crippen molar-refractivity contribution in [2.45, 2.75) is 39.0 Å². The highest BCUT2D eigenvalue weighted by Gasteiger charge is 2.68. The molecule has 0 unspecified atom stereocenters. The molecule has 1 saturated heterocycles. The minimum Gasteiger partial charge on any atom is -0.299 e. The van der Waals surface area contributed by atoms with Crippen molar-refractivity contribution in [3.05, 3.63) is 10.1 Å². The maximum atomic E-state index is 10.5. The van der Waals surface area contributed by atoms with E-state index in [9.17, 15) is 10.1 Å². The summed E-state index contributed by atoms with van der Waals surface area (Å²) in [5.41, 5.74) is -1.05. The molecule has 1 fully saturated rings. The van der Waals surface area contributed by atoms with Gasteiger partial charge in [-0.2, -0.15) is 0 Å². The van der Waals surface area contributed by atoms with E-state index in [-0.39, 0.29) is 16.9 Å². The highest BCUT2D eigenvalue weighted by molar-refractivity contribution is 4.94. The lowest BCUT2D eigenvalue weighted by atomic mass is 10.0. The summed E-state index contributed by atoms with van der Waals surface area (Å²) in [7, 11) is 0. The molecule has 64 valence electrons. The van der Waals surface area contributed by atoms with Gasteiger partial charge in [-0.3, -0.25) is 14.9 Å². The first-order chi connectivity index (χ1) is 5.04. The van der Waals surface area contributed by atoms with Crippen LogP contribution < -0.4 is 0 Å². The van der Waals surface area contributed by atoms with Crippen LogP contribution in [-0.2, 0) is 4.74 Å². The van der Waals surface area contributed by atoms with Gasteiger partial charge in [0.1, 0.15) is 0 Å². The smallest absolute Gasteiger partial charge is 0.299 e. The Bertz CT molecular complexity index is 181. The van der Waals surface area contributed by atoms with Gasteiger partial charge < -0.3 is 0 Å². The summed E-state index contributed by atoms with van der Waals surface area (Å²) in [6, 6.07) is 0. The third-order valence-electron chi connectivity index (χ3n) is 2.14. The molecule has 1 aliphatic rings. The first kappa shape index (κ1) is 8.46. The van der Waals surface area contributed by atoms with Crippen molar-refractivity contribution >= 4 is 0 Å². The predicted octanol–water partition coefficient (Wildman–Crippen LogP) is 1.42. The fraction of sp³-hybridized carbons (Fsp3) is 1.00. The van der Waals surface area contributed by atoms with Crippen LogP contribution in [0.4, 0.5) is 0 Å². The number of ether oxygens (including phenoxy) is 1. The lowest BCUT2D eigenvalue weighted by molar-refractivity contribution is -0.564. The Morgan fingerprint density at radius 2 is 2.27 bits per heavy atom. The molecule has 4 nitrogen and oxygen atoms in total. The molecule has 1 rings (SSSR count). The third kappa shape index (κ3) is 1.11. The Morgan fingerprint density at radius 3 is 2.36 bits per heavy atom. The van der Waals surface area contributed by atoms with Crippen molar-refractivity contribution in [1.82, 2.24) is 0 Å². The Hall–Kier alpha value is -0.640. The SMILES string of the molecule is CC[C@@]1([N+](=O)[O-])O[C@H]1C(C)C. The van der Waals surface area contributed by atoms with Crippen LogP contribution in [0.1, 0.15) is 27.2 Å². The Balaban J connectivity index is 2.64. The monoisotopic (exact) mass is 159 g/mol. The first-order valence-corrected chi connectivity index (χ1v) is 3.87. The molecule has 1 heterocycles. The van der Waals surface area contributed by atoms with Gasteiger partial charge >= 0.3 is 5.72 Å². The van der Waals surface area contributed by atoms with Crippen LogP contribution in [0.2, 0.25) is 0 Å². The molecule has 1 aliphatic heterocycles. The molecule has 4 heteroatoms. The first-order valence-electron chi connectivity index (χ1n) is 3.87. The molecule has 0 aliphatic carbocycles. The third-order valence-corrected chi connectivity index (χ3v) is 2.14. The molecule has 0 aromatic heterocycles. The quantitative estimate of drug-likeness (QED) is 0.355. The fourth-order valence-electron chi connectivity index (χ4n) is 1.40. The Kier molecular flexibility index (Phi) is 1.88. The van der Waals surface area contributed by atoms with E-state index in [1.807, 2.05) is 13.8 Å². The zero-order valence-corrected chi connectivity index (χ0v) is 7.03. The zero-order chi connectivity index (χ0) is 8.65. The standard InChI is InChI=1S/C7H13NO3/c1-4-7(8(9)10)6(11-7)5(2)3/h5-6H,4H2,1-3H3/t6-,7+/m0/s1. The van der Waals surface area contributed by atoms with Crippen molar-refractivity contribution in [2.24, 2.45) is 5.92 Å². The van der Waals surface area contributed by atoms with E-state index < -0.39 is 5.72 Å². The summed E-state index contributed by atoms with van der Waals surface area (Å²) < 4.78 is 5.08. The summed E-state index contributed by atoms with van der Waals surface area (Å²) in [4.78, 5) is 10.2. The van der Waals surface area contributed by atoms with E-state index in [0.717, 1.165) is 0 Å². The van der Waals surface area contributed by atoms with Crippen LogP contribution in [0.15, 0.2) is 0 Å². The highest BCUT2D eigenvalue weighted by Crippen LogP contribution is 2.44. The van der Waals surface area contributed by atoms with Crippen LogP contribution >= 0.6 is 0 Å². The number of epoxide rings is 1. The maximum absolute atomic E-state index is 10.5. The van der Waals surface area contributed by atoms with Crippen LogP contribution in [0, 0.1) is 16.0 Å². The molecule has 0 spiro atoms. The van der Waals surface area contributed by atoms with Gasteiger partial charge in [-0.1, -0.05) is 20.8 Å². The Labute approximate surface area is 65.7 Å². The summed E-state index contributed by atoms with van der Waals surface area (Å²) >= 11 is 0. The molecule has 11 heavy (non-hydrogen) atoms. The maximum Gasteiger partial charge on any atom is 0.351 e. The molecule has 0 aromatic rings. The number of nitro groups is 1. The number of rotatable bonds is 3. The molecular weight excluding hydrogens is 146 g/mol. The minimum atomic E-state index is -1.05. The lowest BCUT2D eigenvalue weighted by Crippen LogP contribution is -2.27. The van der Waals surface area contributed by atoms with Crippen LogP contribution in [0.5, 0.6) is 0 Å². The van der Waals surface area contributed by atoms with E-state index in [2.05, 4.69) is 0 Å². The van der Waals surface area contributed by atoms with Gasteiger partial charge in [0.15, 0.2) is 6.10 Å². The topological polar surface area (TPSA) is 55.7 Å². The largest absolute Gasteiger partial charge is 0.351 e. The van der Waals surface area contributed by atoms with Crippen LogP contribution in [-0.4, -0.2) is 16.8 Å². The van der Waals surface area contributed by atoms with Crippen molar-refractivity contribution in [2.75, 3.05) is 0 Å². The number of hydrogen-bond donors (Lipinski definition) is 0. The van der Waals surface area contributed by atoms with Gasteiger partial charge in [0, 0.05) is 6.42 Å². The van der Waals surface area contributed by atoms with E-state index in [0.29, 0.717) is 6.42 Å². The molecule has 0 saturated carbocycles. The highest BCUT2D eigenvalue weighted by atomic mass is 16.7. The van der Waals surface area contributed by atoms with Gasteiger partial charge in [0.05, 0.1) is 4.92 Å². The van der Waals surface area contributed by atoms with Crippen molar-refractivity contribution in [3.63, 3.8) is 0 Å². The average Bonchev–Trinajstić information content (AvgIpc) is 2.62. The van der Waals surface area contributed by atoms with Gasteiger partial charge in [-0.15, -0.1) is 0 Å². The molecule has 0 aromatic carbocycles. The second-order valence-electron chi connectivity index (χ2n) is 3.24. The van der Waals surface area contributed by atoms with Crippen LogP contribution in [0.25, 0.3) is 0 Å². The fourth-order valence-corrected chi connectivity index (χ4v) is 1.40. The molecule has 0 amide bonds. The minimum absolute atomic E-state index is 0.178. The molecule has 0 bridgehead atoms. The molecular formula is C7H13NO3. The van der Waals surface area contributed by atoms with Gasteiger partial charge in [0.25, 0.3) is 0 Å². The number of nitrogens with zero attached hydrogens (tertiary/aromatic N) is 1. The summed E-state index contributed by atoms with van der Waals surface area (Å²) in [6.07, 6.45) is 0.283. The van der Waals surface area contributed by atoms with Gasteiger partial charge in [0.2, 0.25) is 0 Å². The molecule has 0 N–H and O–H groups in total. The van der Waals surface area contributed by atoms with Crippen molar-refractivity contribution < 1.29 is 9.66 Å². The summed E-state index contributed by atoms with van der Waals surface area (Å²) in [5, 5.41) is 10.5. The number of hydrogen-bond acceptors (Lipinski definition) is 3. The van der Waals surface area contributed by atoms with Crippen molar-refractivity contribution in [1.29, 1.82) is 0 Å². The van der Waals surface area contributed by atoms with E-state index in [1.165, 1.54) is 0 Å². The van der Waals surface area contributed by atoms with Crippen LogP contribution in [0.3, 0.4) is 0 Å². The summed E-state index contributed by atoms with van der Waals surface area (Å²) in [5.74, 6) is 0.236. The van der Waals surface area contributed by atoms with Crippen molar-refractivity contribution in [3.8, 4) is 0 Å². The van der Waals surface area contributed by atoms with E-state index >= 15 is 0 Å². The molecule has 2 atom stereocenters. The Morgan fingerprint density at radius 1 is 1.73 bits per heavy atom. The average molecular weight is 159 g/mol. The van der Waals surface area contributed by atoms with E-state index in [4.69, 9.17) is 4.74 Å². The predicted molar refractivity (Wildman–Crippen MR) is 39.7 cm³/mol. The lowest BCUT2D eigenvalue weighted by Gasteiger charge is -2.01. The second-order valence-corrected chi connectivity index (χ2v) is 3.24.